The van der Waals surface area contributed by atoms with Gasteiger partial charge in [0, 0.05) is 29.0 Å². The summed E-state index contributed by atoms with van der Waals surface area (Å²) < 4.78 is 0. The van der Waals surface area contributed by atoms with Crippen molar-refractivity contribution in [1.82, 2.24) is 5.32 Å². The fourth-order valence-corrected chi connectivity index (χ4v) is 4.03. The van der Waals surface area contributed by atoms with E-state index in [1.807, 2.05) is 27.7 Å². The Morgan fingerprint density at radius 1 is 1.35 bits per heavy atom. The van der Waals surface area contributed by atoms with Crippen molar-refractivity contribution in [2.45, 2.75) is 39.8 Å². The van der Waals surface area contributed by atoms with Crippen molar-refractivity contribution in [3.63, 3.8) is 0 Å². The predicted molar refractivity (Wildman–Crippen MR) is 77.8 cm³/mol. The molecular formula is C13H19N3O3S. The molecule has 1 aliphatic carbocycles. The molecule has 0 saturated heterocycles. The number of carbonyl (C=O) groups is 1. The van der Waals surface area contributed by atoms with Gasteiger partial charge >= 0.3 is 5.00 Å². The lowest BCUT2D eigenvalue weighted by Crippen LogP contribution is -2.76. The zero-order chi connectivity index (χ0) is 15.3. The van der Waals surface area contributed by atoms with Crippen molar-refractivity contribution < 1.29 is 9.72 Å². The predicted octanol–water partition coefficient (Wildman–Crippen LogP) is 2.15. The third-order valence-corrected chi connectivity index (χ3v) is 5.40. The Morgan fingerprint density at radius 3 is 2.35 bits per heavy atom. The van der Waals surface area contributed by atoms with Crippen molar-refractivity contribution in [2.24, 2.45) is 16.6 Å². The summed E-state index contributed by atoms with van der Waals surface area (Å²) in [7, 11) is 0. The van der Waals surface area contributed by atoms with Gasteiger partial charge in [-0.05, 0) is 6.07 Å². The van der Waals surface area contributed by atoms with Gasteiger partial charge in [0.1, 0.15) is 0 Å². The van der Waals surface area contributed by atoms with Crippen LogP contribution in [0.4, 0.5) is 5.00 Å². The van der Waals surface area contributed by atoms with Gasteiger partial charge in [0.2, 0.25) is 0 Å². The molecule has 0 aromatic carbocycles. The van der Waals surface area contributed by atoms with Crippen LogP contribution in [0.5, 0.6) is 0 Å². The van der Waals surface area contributed by atoms with Gasteiger partial charge in [0.05, 0.1) is 9.80 Å². The molecule has 2 rings (SSSR count). The summed E-state index contributed by atoms with van der Waals surface area (Å²) in [6.07, 6.45) is 0. The zero-order valence-electron chi connectivity index (χ0n) is 12.0. The summed E-state index contributed by atoms with van der Waals surface area (Å²) in [4.78, 5) is 22.7. The number of rotatable bonds is 3. The van der Waals surface area contributed by atoms with Crippen LogP contribution in [0, 0.1) is 20.9 Å². The minimum Gasteiger partial charge on any atom is -0.347 e. The lowest BCUT2D eigenvalue weighted by Gasteiger charge is -2.62. The van der Waals surface area contributed by atoms with E-state index in [-0.39, 0.29) is 33.8 Å². The highest BCUT2D eigenvalue weighted by atomic mass is 32.1. The van der Waals surface area contributed by atoms with Crippen LogP contribution in [0.3, 0.4) is 0 Å². The van der Waals surface area contributed by atoms with Crippen LogP contribution in [0.15, 0.2) is 12.1 Å². The Kier molecular flexibility index (Phi) is 3.38. The van der Waals surface area contributed by atoms with Gasteiger partial charge in [-0.2, -0.15) is 0 Å². The molecule has 20 heavy (non-hydrogen) atoms. The maximum atomic E-state index is 12.2. The van der Waals surface area contributed by atoms with E-state index in [2.05, 4.69) is 5.32 Å². The van der Waals surface area contributed by atoms with Crippen LogP contribution >= 0.6 is 11.3 Å². The first-order valence-corrected chi connectivity index (χ1v) is 7.21. The average Bonchev–Trinajstić information content (AvgIpc) is 2.84. The number of thiophene rings is 1. The van der Waals surface area contributed by atoms with E-state index in [0.717, 1.165) is 11.3 Å². The highest BCUT2D eigenvalue weighted by Gasteiger charge is 2.60. The monoisotopic (exact) mass is 297 g/mol. The molecule has 6 nitrogen and oxygen atoms in total. The molecule has 0 bridgehead atoms. The Morgan fingerprint density at radius 2 is 1.90 bits per heavy atom. The van der Waals surface area contributed by atoms with Crippen LogP contribution in [-0.4, -0.2) is 22.9 Å². The van der Waals surface area contributed by atoms with E-state index < -0.39 is 4.92 Å². The number of nitrogens with two attached hydrogens (primary N) is 1. The van der Waals surface area contributed by atoms with E-state index in [1.165, 1.54) is 12.1 Å². The van der Waals surface area contributed by atoms with Crippen LogP contribution < -0.4 is 11.1 Å². The zero-order valence-corrected chi connectivity index (χ0v) is 12.8. The molecule has 1 heterocycles. The summed E-state index contributed by atoms with van der Waals surface area (Å²) in [5.41, 5.74) is 5.76. The number of nitrogens with one attached hydrogen (secondary N) is 1. The molecule has 110 valence electrons. The molecule has 0 unspecified atom stereocenters. The molecular weight excluding hydrogens is 278 g/mol. The van der Waals surface area contributed by atoms with E-state index in [9.17, 15) is 14.9 Å². The molecule has 1 aromatic heterocycles. The van der Waals surface area contributed by atoms with Gasteiger partial charge < -0.3 is 11.1 Å². The second-order valence-electron chi connectivity index (χ2n) is 6.42. The molecule has 0 atom stereocenters. The van der Waals surface area contributed by atoms with Gasteiger partial charge in [-0.1, -0.05) is 39.0 Å². The fraction of sp³-hybridized carbons (Fsp3) is 0.615. The molecule has 1 amide bonds. The maximum absolute atomic E-state index is 12.2. The number of carbonyl (C=O) groups excluding carboxylic acids is 1. The van der Waals surface area contributed by atoms with E-state index in [4.69, 9.17) is 5.73 Å². The first kappa shape index (κ1) is 14.9. The summed E-state index contributed by atoms with van der Waals surface area (Å²) in [5, 5.41) is 13.6. The van der Waals surface area contributed by atoms with Crippen LogP contribution in [-0.2, 0) is 0 Å². The largest absolute Gasteiger partial charge is 0.347 e. The molecule has 1 aromatic rings. The van der Waals surface area contributed by atoms with Gasteiger partial charge in [-0.25, -0.2) is 0 Å². The molecule has 0 spiro atoms. The number of amides is 1. The highest BCUT2D eigenvalue weighted by Crippen LogP contribution is 2.52. The molecule has 0 radical (unpaired) electrons. The van der Waals surface area contributed by atoms with Crippen LogP contribution in [0.1, 0.15) is 37.4 Å². The van der Waals surface area contributed by atoms with E-state index >= 15 is 0 Å². The Labute approximate surface area is 121 Å². The summed E-state index contributed by atoms with van der Waals surface area (Å²) in [6.45, 7) is 8.07. The topological polar surface area (TPSA) is 98.3 Å². The number of hydrogen-bond acceptors (Lipinski definition) is 5. The summed E-state index contributed by atoms with van der Waals surface area (Å²) >= 11 is 0.884. The quantitative estimate of drug-likeness (QED) is 0.659. The number of nitrogens with zero attached hydrogens (tertiary/aromatic N) is 1. The lowest BCUT2D eigenvalue weighted by molar-refractivity contribution is -0.380. The average molecular weight is 297 g/mol. The second-order valence-corrected chi connectivity index (χ2v) is 7.48. The first-order valence-electron chi connectivity index (χ1n) is 6.39. The molecule has 1 fully saturated rings. The van der Waals surface area contributed by atoms with Crippen molar-refractivity contribution in [1.29, 1.82) is 0 Å². The van der Waals surface area contributed by atoms with E-state index in [1.54, 1.807) is 0 Å². The first-order chi connectivity index (χ1) is 9.08. The molecule has 0 aliphatic heterocycles. The Hall–Kier alpha value is -1.47. The minimum atomic E-state index is -0.491. The highest BCUT2D eigenvalue weighted by molar-refractivity contribution is 7.17. The normalized spacial score (nSPS) is 26.6. The minimum absolute atomic E-state index is 0.00188. The number of hydrogen-bond donors (Lipinski definition) is 2. The van der Waals surface area contributed by atoms with Crippen molar-refractivity contribution in [2.75, 3.05) is 0 Å². The van der Waals surface area contributed by atoms with Crippen molar-refractivity contribution >= 4 is 22.2 Å². The smallest absolute Gasteiger partial charge is 0.324 e. The van der Waals surface area contributed by atoms with Gasteiger partial charge in [0.15, 0.2) is 0 Å². The van der Waals surface area contributed by atoms with Crippen molar-refractivity contribution in [3.8, 4) is 0 Å². The summed E-state index contributed by atoms with van der Waals surface area (Å²) in [6, 6.07) is 2.77. The van der Waals surface area contributed by atoms with Gasteiger partial charge in [-0.3, -0.25) is 14.9 Å². The molecule has 1 saturated carbocycles. The standard InChI is InChI=1S/C13H19N3O3S/c1-12(2)10(14)13(3,4)11(12)15-9(17)7-5-6-8(20-7)16(18)19/h5-6,10-11H,14H2,1-4H3,(H,15,17). The van der Waals surface area contributed by atoms with Crippen LogP contribution in [0.2, 0.25) is 0 Å². The second kappa shape index (κ2) is 4.53. The Bertz CT molecular complexity index is 549. The fourth-order valence-electron chi connectivity index (χ4n) is 3.30. The maximum Gasteiger partial charge on any atom is 0.324 e. The molecule has 3 N–H and O–H groups in total. The van der Waals surface area contributed by atoms with Gasteiger partial charge in [-0.15, -0.1) is 0 Å². The molecule has 1 aliphatic rings. The van der Waals surface area contributed by atoms with Crippen molar-refractivity contribution in [3.05, 3.63) is 27.1 Å². The SMILES string of the molecule is CC1(C)C(N)C(C)(C)C1NC(=O)c1ccc([N+](=O)[O-])s1. The van der Waals surface area contributed by atoms with Crippen LogP contribution in [0.25, 0.3) is 0 Å². The molecule has 7 heteroatoms. The summed E-state index contributed by atoms with van der Waals surface area (Å²) in [5.74, 6) is -0.277. The lowest BCUT2D eigenvalue weighted by atomic mass is 9.48. The number of nitro groups is 1. The third-order valence-electron chi connectivity index (χ3n) is 4.36. The van der Waals surface area contributed by atoms with E-state index in [0.29, 0.717) is 4.88 Å². The third kappa shape index (κ3) is 2.10. The Balaban J connectivity index is 2.14. The van der Waals surface area contributed by atoms with Gasteiger partial charge in [0.25, 0.3) is 5.91 Å².